The molecule has 1 atom stereocenters. The molecule has 0 saturated heterocycles. The van der Waals surface area contributed by atoms with Crippen LogP contribution in [0.3, 0.4) is 0 Å². The molecule has 1 aliphatic carbocycles. The minimum atomic E-state index is -0.813. The number of carbonyl (C=O) groups excluding carboxylic acids is 1. The van der Waals surface area contributed by atoms with Crippen molar-refractivity contribution < 1.29 is 13.6 Å². The predicted molar refractivity (Wildman–Crippen MR) is 120 cm³/mol. The largest absolute Gasteiger partial charge is 0.323 e. The number of nitrogens with one attached hydrogen (secondary N) is 1. The Morgan fingerprint density at radius 2 is 2.26 bits per heavy atom. The number of fused-ring (bicyclic) bond motifs is 1. The van der Waals surface area contributed by atoms with E-state index in [9.17, 15) is 13.6 Å². The zero-order valence-electron chi connectivity index (χ0n) is 17.0. The van der Waals surface area contributed by atoms with E-state index >= 15 is 0 Å². The van der Waals surface area contributed by atoms with Crippen molar-refractivity contribution >= 4 is 34.7 Å². The van der Waals surface area contributed by atoms with Gasteiger partial charge in [0.25, 0.3) is 0 Å². The number of benzene rings is 1. The van der Waals surface area contributed by atoms with E-state index in [1.807, 2.05) is 4.57 Å². The Labute approximate surface area is 187 Å². The molecule has 9 heteroatoms. The first-order valence-corrected chi connectivity index (χ1v) is 11.8. The molecule has 0 saturated carbocycles. The maximum atomic E-state index is 13.8. The van der Waals surface area contributed by atoms with Gasteiger partial charge in [0, 0.05) is 28.4 Å². The highest BCUT2D eigenvalue weighted by atomic mass is 32.2. The Morgan fingerprint density at radius 3 is 3.03 bits per heavy atom. The summed E-state index contributed by atoms with van der Waals surface area (Å²) in [5.74, 6) is -0.426. The lowest BCUT2D eigenvalue weighted by Gasteiger charge is -2.19. The number of aromatic nitrogens is 3. The summed E-state index contributed by atoms with van der Waals surface area (Å²) in [4.78, 5) is 13.7. The highest BCUT2D eigenvalue weighted by molar-refractivity contribution is 7.99. The van der Waals surface area contributed by atoms with Gasteiger partial charge in [-0.3, -0.25) is 9.36 Å². The number of nitrogens with zero attached hydrogens (tertiary/aromatic N) is 3. The molecule has 5 nitrogen and oxygen atoms in total. The van der Waals surface area contributed by atoms with Gasteiger partial charge in [-0.15, -0.1) is 28.1 Å². The Bertz CT molecular complexity index is 1120. The average Bonchev–Trinajstić information content (AvgIpc) is 3.32. The minimum absolute atomic E-state index is 0.0192. The van der Waals surface area contributed by atoms with Crippen LogP contribution in [0.2, 0.25) is 0 Å². The van der Waals surface area contributed by atoms with E-state index in [1.54, 1.807) is 17.4 Å². The number of carbonyl (C=O) groups is 1. The Kier molecular flexibility index (Phi) is 6.52. The summed E-state index contributed by atoms with van der Waals surface area (Å²) in [6.45, 7) is 6.62. The fourth-order valence-electron chi connectivity index (χ4n) is 3.66. The van der Waals surface area contributed by atoms with Gasteiger partial charge in [0.1, 0.15) is 11.6 Å². The lowest BCUT2D eigenvalue weighted by molar-refractivity contribution is -0.113. The number of halogens is 2. The molecule has 0 spiro atoms. The van der Waals surface area contributed by atoms with Crippen LogP contribution in [0, 0.1) is 17.6 Å². The number of thioether (sulfide) groups is 1. The summed E-state index contributed by atoms with van der Waals surface area (Å²) in [6, 6.07) is 3.03. The summed E-state index contributed by atoms with van der Waals surface area (Å²) >= 11 is 2.98. The van der Waals surface area contributed by atoms with Crippen molar-refractivity contribution in [3.8, 4) is 11.4 Å². The number of thiophene rings is 1. The Morgan fingerprint density at radius 1 is 1.42 bits per heavy atom. The van der Waals surface area contributed by atoms with Crippen LogP contribution in [-0.4, -0.2) is 26.4 Å². The molecule has 1 unspecified atom stereocenters. The summed E-state index contributed by atoms with van der Waals surface area (Å²) < 4.78 is 28.7. The number of rotatable bonds is 7. The maximum Gasteiger partial charge on any atom is 0.234 e. The summed E-state index contributed by atoms with van der Waals surface area (Å²) in [5.41, 5.74) is 2.40. The van der Waals surface area contributed by atoms with E-state index in [2.05, 4.69) is 34.4 Å². The highest BCUT2D eigenvalue weighted by Crippen LogP contribution is 2.38. The minimum Gasteiger partial charge on any atom is -0.323 e. The van der Waals surface area contributed by atoms with Crippen molar-refractivity contribution in [2.45, 2.75) is 37.9 Å². The van der Waals surface area contributed by atoms with Gasteiger partial charge in [0.05, 0.1) is 11.4 Å². The molecule has 31 heavy (non-hydrogen) atoms. The second-order valence-corrected chi connectivity index (χ2v) is 9.47. The molecule has 1 amide bonds. The van der Waals surface area contributed by atoms with Crippen LogP contribution in [0.5, 0.6) is 0 Å². The molecule has 162 valence electrons. The predicted octanol–water partition coefficient (Wildman–Crippen LogP) is 5.33. The van der Waals surface area contributed by atoms with Crippen LogP contribution in [0.25, 0.3) is 11.4 Å². The molecule has 0 radical (unpaired) electrons. The summed E-state index contributed by atoms with van der Waals surface area (Å²) in [5, 5.41) is 13.9. The molecular formula is C22H22F2N4OS2. The SMILES string of the molecule is C=CCn1c(SCC(=O)Nc2ccc(F)cc2F)nnc1-c1csc2c1CCC(C)C2. The Balaban J connectivity index is 1.50. The first kappa shape index (κ1) is 21.7. The molecule has 0 fully saturated rings. The van der Waals surface area contributed by atoms with Gasteiger partial charge >= 0.3 is 0 Å². The average molecular weight is 461 g/mol. The fraction of sp³-hybridized carbons (Fsp3) is 0.318. The smallest absolute Gasteiger partial charge is 0.234 e. The normalized spacial score (nSPS) is 15.5. The van der Waals surface area contributed by atoms with Crippen LogP contribution in [0.15, 0.2) is 41.4 Å². The second kappa shape index (κ2) is 9.32. The third-order valence-corrected chi connectivity index (χ3v) is 7.23. The van der Waals surface area contributed by atoms with Crippen molar-refractivity contribution in [1.82, 2.24) is 14.8 Å². The van der Waals surface area contributed by atoms with Crippen LogP contribution in [0.1, 0.15) is 23.8 Å². The van der Waals surface area contributed by atoms with E-state index in [4.69, 9.17) is 0 Å². The zero-order chi connectivity index (χ0) is 22.0. The molecule has 1 aromatic carbocycles. The summed E-state index contributed by atoms with van der Waals surface area (Å²) in [6.07, 6.45) is 5.06. The number of hydrogen-bond donors (Lipinski definition) is 1. The third kappa shape index (κ3) is 4.72. The Hall–Kier alpha value is -2.52. The van der Waals surface area contributed by atoms with Gasteiger partial charge in [0.2, 0.25) is 5.91 Å². The quantitative estimate of drug-likeness (QED) is 0.383. The number of hydrogen-bond acceptors (Lipinski definition) is 5. The van der Waals surface area contributed by atoms with Gasteiger partial charge in [-0.25, -0.2) is 8.78 Å². The maximum absolute atomic E-state index is 13.8. The first-order chi connectivity index (χ1) is 15.0. The van der Waals surface area contributed by atoms with Gasteiger partial charge < -0.3 is 5.32 Å². The van der Waals surface area contributed by atoms with Crippen LogP contribution < -0.4 is 5.32 Å². The molecule has 0 bridgehead atoms. The molecule has 3 aromatic rings. The lowest BCUT2D eigenvalue weighted by Crippen LogP contribution is -2.15. The van der Waals surface area contributed by atoms with E-state index < -0.39 is 17.5 Å². The van der Waals surface area contributed by atoms with Gasteiger partial charge in [-0.05, 0) is 42.9 Å². The second-order valence-electron chi connectivity index (χ2n) is 7.57. The molecular weight excluding hydrogens is 438 g/mol. The molecule has 1 N–H and O–H groups in total. The standard InChI is InChI=1S/C22H22F2N4OS2/c1-3-8-28-21(16-11-30-19-9-13(2)4-6-15(16)19)26-27-22(28)31-12-20(29)25-18-7-5-14(23)10-17(18)24/h3,5,7,10-11,13H,1,4,6,8-9,12H2,2H3,(H,25,29). The molecule has 0 aliphatic heterocycles. The van der Waals surface area contributed by atoms with Gasteiger partial charge in [-0.2, -0.15) is 0 Å². The van der Waals surface area contributed by atoms with Crippen molar-refractivity contribution in [1.29, 1.82) is 0 Å². The van der Waals surface area contributed by atoms with Crippen molar-refractivity contribution in [3.05, 3.63) is 58.3 Å². The van der Waals surface area contributed by atoms with Crippen molar-refractivity contribution in [3.63, 3.8) is 0 Å². The van der Waals surface area contributed by atoms with Crippen molar-refractivity contribution in [2.24, 2.45) is 5.92 Å². The van der Waals surface area contributed by atoms with Crippen LogP contribution in [-0.2, 0) is 24.2 Å². The first-order valence-electron chi connectivity index (χ1n) is 9.97. The third-order valence-electron chi connectivity index (χ3n) is 5.21. The fourth-order valence-corrected chi connectivity index (χ4v) is 5.65. The molecule has 2 heterocycles. The number of allylic oxidation sites excluding steroid dienone is 1. The van der Waals surface area contributed by atoms with E-state index in [0.29, 0.717) is 17.6 Å². The topological polar surface area (TPSA) is 59.8 Å². The van der Waals surface area contributed by atoms with Crippen molar-refractivity contribution in [2.75, 3.05) is 11.1 Å². The molecule has 2 aromatic heterocycles. The lowest BCUT2D eigenvalue weighted by atomic mass is 9.88. The monoisotopic (exact) mass is 460 g/mol. The molecule has 1 aliphatic rings. The van der Waals surface area contributed by atoms with E-state index in [-0.39, 0.29) is 11.4 Å². The van der Waals surface area contributed by atoms with Gasteiger partial charge in [-0.1, -0.05) is 24.8 Å². The van der Waals surface area contributed by atoms with Crippen LogP contribution in [0.4, 0.5) is 14.5 Å². The van der Waals surface area contributed by atoms with E-state index in [1.165, 1.54) is 28.3 Å². The van der Waals surface area contributed by atoms with Gasteiger partial charge in [0.15, 0.2) is 11.0 Å². The zero-order valence-corrected chi connectivity index (χ0v) is 18.7. The number of amides is 1. The van der Waals surface area contributed by atoms with Crippen LogP contribution >= 0.6 is 23.1 Å². The number of anilines is 1. The highest BCUT2D eigenvalue weighted by Gasteiger charge is 2.24. The van der Waals surface area contributed by atoms with E-state index in [0.717, 1.165) is 42.8 Å². The summed E-state index contributed by atoms with van der Waals surface area (Å²) in [7, 11) is 0. The molecule has 4 rings (SSSR count).